The molecule has 8 heteroatoms. The first-order valence-electron chi connectivity index (χ1n) is 11.4. The normalized spacial score (nSPS) is 31.0. The first kappa shape index (κ1) is 23.8. The summed E-state index contributed by atoms with van der Waals surface area (Å²) in [5.41, 5.74) is 1.36. The summed E-state index contributed by atoms with van der Waals surface area (Å²) in [6.07, 6.45) is 4.40. The van der Waals surface area contributed by atoms with Crippen LogP contribution in [0.2, 0.25) is 0 Å². The molecular formula is C24H33BFNO4S. The van der Waals surface area contributed by atoms with Crippen LogP contribution >= 0.6 is 11.8 Å². The second-order valence-corrected chi connectivity index (χ2v) is 11.3. The first-order valence-corrected chi connectivity index (χ1v) is 12.8. The molecule has 0 aromatic heterocycles. The Labute approximate surface area is 194 Å². The van der Waals surface area contributed by atoms with Gasteiger partial charge in [-0.2, -0.15) is 11.8 Å². The van der Waals surface area contributed by atoms with E-state index in [1.165, 1.54) is 24.8 Å². The SMILES string of the molecule is CSCC(=O)N[C@@H](Cc1ccc(F)c(C(C)=O)c1C)B1OC2C[C@@H]3C[C@@H](C3(C)C)[C@]2(C)O1. The summed E-state index contributed by atoms with van der Waals surface area (Å²) in [5, 5.41) is 3.09. The monoisotopic (exact) mass is 461 g/mol. The van der Waals surface area contributed by atoms with Crippen LogP contribution in [0.15, 0.2) is 12.1 Å². The molecule has 1 heterocycles. The van der Waals surface area contributed by atoms with Crippen LogP contribution in [0.25, 0.3) is 0 Å². The van der Waals surface area contributed by atoms with Crippen molar-refractivity contribution in [2.45, 2.75) is 71.5 Å². The Morgan fingerprint density at radius 3 is 2.66 bits per heavy atom. The standard InChI is InChI=1S/C24H33BFNO4S/c1-13-15(7-8-17(26)22(13)14(2)28)9-20(27-21(29)12-32-6)25-30-19-11-16-10-18(23(16,3)4)24(19,5)31-25/h7-8,16,18-20H,9-12H2,1-6H3,(H,27,29)/t16-,18-,19?,20-,24-/m0/s1. The number of rotatable bonds is 7. The second kappa shape index (κ2) is 8.44. The molecule has 1 saturated heterocycles. The summed E-state index contributed by atoms with van der Waals surface area (Å²) >= 11 is 1.45. The molecule has 5 atom stereocenters. The number of Topliss-reactive ketones (excluding diaryl/α,β-unsaturated/α-hetero) is 1. The molecule has 32 heavy (non-hydrogen) atoms. The third kappa shape index (κ3) is 3.82. The van der Waals surface area contributed by atoms with Gasteiger partial charge in [0.25, 0.3) is 0 Å². The van der Waals surface area contributed by atoms with Crippen LogP contribution in [0.4, 0.5) is 4.39 Å². The molecule has 1 amide bonds. The van der Waals surface area contributed by atoms with Crippen molar-refractivity contribution < 1.29 is 23.3 Å². The van der Waals surface area contributed by atoms with Crippen molar-refractivity contribution in [1.29, 1.82) is 0 Å². The van der Waals surface area contributed by atoms with Gasteiger partial charge in [-0.3, -0.25) is 9.59 Å². The van der Waals surface area contributed by atoms with E-state index in [4.69, 9.17) is 9.31 Å². The predicted octanol–water partition coefficient (Wildman–Crippen LogP) is 3.99. The van der Waals surface area contributed by atoms with Crippen LogP contribution in [0, 0.1) is 30.0 Å². The molecule has 174 valence electrons. The number of ketones is 1. The van der Waals surface area contributed by atoms with Crippen LogP contribution in [-0.4, -0.2) is 48.5 Å². The lowest BCUT2D eigenvalue weighted by molar-refractivity contribution is -0.199. The lowest BCUT2D eigenvalue weighted by atomic mass is 9.43. The summed E-state index contributed by atoms with van der Waals surface area (Å²) in [7, 11) is -0.587. The zero-order chi connectivity index (χ0) is 23.4. The Balaban J connectivity index is 1.61. The Hall–Kier alpha value is -1.38. The van der Waals surface area contributed by atoms with Crippen molar-refractivity contribution >= 4 is 30.6 Å². The minimum absolute atomic E-state index is 0.00585. The maximum Gasteiger partial charge on any atom is 0.482 e. The zero-order valence-electron chi connectivity index (χ0n) is 19.8. The molecule has 1 N–H and O–H groups in total. The van der Waals surface area contributed by atoms with Gasteiger partial charge in [-0.15, -0.1) is 0 Å². The Bertz CT molecular complexity index is 941. The van der Waals surface area contributed by atoms with E-state index >= 15 is 0 Å². The lowest BCUT2D eigenvalue weighted by Crippen LogP contribution is -2.65. The molecule has 0 radical (unpaired) electrons. The molecule has 1 aromatic rings. The molecule has 0 spiro atoms. The van der Waals surface area contributed by atoms with Gasteiger partial charge in [-0.1, -0.05) is 19.9 Å². The van der Waals surface area contributed by atoms with E-state index in [-0.39, 0.29) is 34.4 Å². The highest BCUT2D eigenvalue weighted by atomic mass is 32.2. The van der Waals surface area contributed by atoms with Gasteiger partial charge in [0.2, 0.25) is 5.91 Å². The van der Waals surface area contributed by atoms with Gasteiger partial charge >= 0.3 is 7.12 Å². The van der Waals surface area contributed by atoms with E-state index in [0.717, 1.165) is 18.4 Å². The number of carbonyl (C=O) groups excluding carboxylic acids is 2. The third-order valence-electron chi connectivity index (χ3n) is 8.24. The third-order valence-corrected chi connectivity index (χ3v) is 8.79. The molecule has 5 rings (SSSR count). The summed E-state index contributed by atoms with van der Waals surface area (Å²) in [6.45, 7) is 9.90. The largest absolute Gasteiger partial charge is 0.482 e. The molecule has 3 saturated carbocycles. The van der Waals surface area contributed by atoms with Gasteiger partial charge in [0.1, 0.15) is 5.82 Å². The van der Waals surface area contributed by atoms with Gasteiger partial charge in [-0.25, -0.2) is 4.39 Å². The van der Waals surface area contributed by atoms with Gasteiger partial charge in [0, 0.05) is 0 Å². The van der Waals surface area contributed by atoms with E-state index in [9.17, 15) is 14.0 Å². The first-order chi connectivity index (χ1) is 15.0. The summed E-state index contributed by atoms with van der Waals surface area (Å²) < 4.78 is 27.3. The lowest BCUT2D eigenvalue weighted by Gasteiger charge is -2.64. The minimum Gasteiger partial charge on any atom is -0.404 e. The fourth-order valence-corrected chi connectivity index (χ4v) is 6.62. The van der Waals surface area contributed by atoms with E-state index in [0.29, 0.717) is 29.6 Å². The number of thioether (sulfide) groups is 1. The zero-order valence-corrected chi connectivity index (χ0v) is 20.6. The maximum atomic E-state index is 14.3. The molecule has 2 bridgehead atoms. The summed E-state index contributed by atoms with van der Waals surface area (Å²) in [4.78, 5) is 24.5. The van der Waals surface area contributed by atoms with Crippen molar-refractivity contribution in [2.75, 3.05) is 12.0 Å². The van der Waals surface area contributed by atoms with E-state index in [1.54, 1.807) is 13.0 Å². The van der Waals surface area contributed by atoms with Crippen molar-refractivity contribution in [3.05, 3.63) is 34.6 Å². The molecular weight excluding hydrogens is 428 g/mol. The molecule has 1 aromatic carbocycles. The smallest absolute Gasteiger partial charge is 0.404 e. The van der Waals surface area contributed by atoms with E-state index in [1.807, 2.05) is 6.26 Å². The summed E-state index contributed by atoms with van der Waals surface area (Å²) in [6, 6.07) is 3.02. The van der Waals surface area contributed by atoms with Gasteiger partial charge in [-0.05, 0) is 80.7 Å². The summed E-state index contributed by atoms with van der Waals surface area (Å²) in [5.74, 6) is 0.0441. The fourth-order valence-electron chi connectivity index (χ4n) is 6.28. The second-order valence-electron chi connectivity index (χ2n) is 10.4. The molecule has 4 aliphatic rings. The molecule has 4 fully saturated rings. The number of nitrogens with one attached hydrogen (secondary N) is 1. The van der Waals surface area contributed by atoms with Gasteiger partial charge in [0.05, 0.1) is 29.0 Å². The number of benzene rings is 1. The number of halogens is 1. The Morgan fingerprint density at radius 2 is 2.03 bits per heavy atom. The van der Waals surface area contributed by atoms with Crippen molar-refractivity contribution in [2.24, 2.45) is 17.3 Å². The van der Waals surface area contributed by atoms with Gasteiger partial charge in [0.15, 0.2) is 5.78 Å². The van der Waals surface area contributed by atoms with E-state index < -0.39 is 18.9 Å². The minimum atomic E-state index is -0.587. The van der Waals surface area contributed by atoms with Crippen LogP contribution in [-0.2, 0) is 20.5 Å². The van der Waals surface area contributed by atoms with Crippen molar-refractivity contribution in [1.82, 2.24) is 5.32 Å². The highest BCUT2D eigenvalue weighted by molar-refractivity contribution is 7.99. The molecule has 1 aliphatic heterocycles. The highest BCUT2D eigenvalue weighted by Gasteiger charge is 2.68. The fraction of sp³-hybridized carbons (Fsp3) is 0.667. The van der Waals surface area contributed by atoms with Crippen molar-refractivity contribution in [3.63, 3.8) is 0 Å². The van der Waals surface area contributed by atoms with Crippen molar-refractivity contribution in [3.8, 4) is 0 Å². The number of amides is 1. The number of hydrogen-bond donors (Lipinski definition) is 1. The Kier molecular flexibility index (Phi) is 6.27. The number of carbonyl (C=O) groups is 2. The van der Waals surface area contributed by atoms with E-state index in [2.05, 4.69) is 26.1 Å². The quantitative estimate of drug-likeness (QED) is 0.492. The average molecular weight is 461 g/mol. The number of hydrogen-bond acceptors (Lipinski definition) is 5. The maximum absolute atomic E-state index is 14.3. The molecule has 5 nitrogen and oxygen atoms in total. The predicted molar refractivity (Wildman–Crippen MR) is 125 cm³/mol. The van der Waals surface area contributed by atoms with Crippen LogP contribution in [0.1, 0.15) is 62.0 Å². The van der Waals surface area contributed by atoms with Crippen LogP contribution < -0.4 is 5.32 Å². The average Bonchev–Trinajstić information content (AvgIpc) is 3.06. The van der Waals surface area contributed by atoms with Crippen LogP contribution in [0.3, 0.4) is 0 Å². The molecule has 3 aliphatic carbocycles. The molecule has 1 unspecified atom stereocenters. The van der Waals surface area contributed by atoms with Gasteiger partial charge < -0.3 is 14.6 Å². The van der Waals surface area contributed by atoms with Crippen LogP contribution in [0.5, 0.6) is 0 Å². The topological polar surface area (TPSA) is 64.6 Å². The highest BCUT2D eigenvalue weighted by Crippen LogP contribution is 2.65. The Morgan fingerprint density at radius 1 is 1.31 bits per heavy atom.